The normalized spacial score (nSPS) is 21.7. The molecule has 0 bridgehead atoms. The molecule has 0 radical (unpaired) electrons. The van der Waals surface area contributed by atoms with Crippen molar-refractivity contribution in [1.82, 2.24) is 0 Å². The molecule has 3 aromatic carbocycles. The van der Waals surface area contributed by atoms with Crippen LogP contribution >= 0.6 is 0 Å². The zero-order valence-electron chi connectivity index (χ0n) is 23.0. The number of nitrogens with one attached hydrogen (secondary N) is 1. The van der Waals surface area contributed by atoms with E-state index in [1.807, 2.05) is 30.3 Å². The van der Waals surface area contributed by atoms with Crippen LogP contribution in [-0.4, -0.2) is 30.2 Å². The Hall–Kier alpha value is -3.93. The summed E-state index contributed by atoms with van der Waals surface area (Å²) in [4.78, 5) is 41.2. The number of anilines is 2. The van der Waals surface area contributed by atoms with Crippen LogP contribution in [0.15, 0.2) is 54.6 Å². The number of benzene rings is 3. The minimum Gasteiger partial charge on any atom is -0.459 e. The molecule has 0 spiro atoms. The van der Waals surface area contributed by atoms with Crippen molar-refractivity contribution < 1.29 is 19.1 Å². The van der Waals surface area contributed by atoms with Crippen LogP contribution in [0, 0.1) is 18.8 Å². The van der Waals surface area contributed by atoms with E-state index >= 15 is 0 Å². The molecule has 0 saturated heterocycles. The first kappa shape index (κ1) is 26.3. The third-order valence-electron chi connectivity index (χ3n) is 9.19. The number of carbonyl (C=O) groups excluding carboxylic acids is 3. The Morgan fingerprint density at radius 3 is 2.25 bits per heavy atom. The van der Waals surface area contributed by atoms with Gasteiger partial charge in [0.2, 0.25) is 0 Å². The minimum absolute atomic E-state index is 0.0204. The molecule has 206 valence electrons. The maximum Gasteiger partial charge on any atom is 0.342 e. The Kier molecular flexibility index (Phi) is 7.18. The van der Waals surface area contributed by atoms with Gasteiger partial charge in [-0.1, -0.05) is 80.3 Å². The van der Waals surface area contributed by atoms with Crippen LogP contribution in [0.5, 0.6) is 0 Å². The van der Waals surface area contributed by atoms with Crippen molar-refractivity contribution in [2.24, 2.45) is 11.8 Å². The number of ether oxygens (including phenoxy) is 1. The average Bonchev–Trinajstić information content (AvgIpc) is 2.98. The number of nitrogens with two attached hydrogens (primary N) is 1. The van der Waals surface area contributed by atoms with Crippen molar-refractivity contribution in [2.75, 3.05) is 17.6 Å². The largest absolute Gasteiger partial charge is 0.459 e. The van der Waals surface area contributed by atoms with Gasteiger partial charge >= 0.3 is 5.97 Å². The van der Waals surface area contributed by atoms with Crippen LogP contribution in [0.4, 0.5) is 11.4 Å². The van der Waals surface area contributed by atoms with Gasteiger partial charge in [0.1, 0.15) is 11.7 Å². The summed E-state index contributed by atoms with van der Waals surface area (Å²) >= 11 is 0. The molecular formula is C34H36N2O4. The van der Waals surface area contributed by atoms with Crippen LogP contribution in [0.1, 0.15) is 98.3 Å². The van der Waals surface area contributed by atoms with Crippen LogP contribution in [0.2, 0.25) is 0 Å². The first-order valence-corrected chi connectivity index (χ1v) is 14.6. The Labute approximate surface area is 235 Å². The summed E-state index contributed by atoms with van der Waals surface area (Å²) in [7, 11) is 0. The van der Waals surface area contributed by atoms with Crippen molar-refractivity contribution >= 4 is 28.9 Å². The standard InChI is InChI=1S/C34H36N2O4/c1-20-27-28(33(38)26-14-8-7-13-25(26)32(27)37)30(35)29(31(20)36-18-17-21-9-3-2-4-10-21)34(39)40-24-16-15-22-11-5-6-12-23(22)19-24/h2-4,7-10,13-14,22-24,36H,5-6,11-12,15-19,35H2,1H3. The molecule has 0 heterocycles. The fourth-order valence-corrected chi connectivity index (χ4v) is 7.12. The molecule has 3 aliphatic carbocycles. The Balaban J connectivity index is 1.36. The predicted octanol–water partition coefficient (Wildman–Crippen LogP) is 6.52. The van der Waals surface area contributed by atoms with Gasteiger partial charge in [-0.2, -0.15) is 0 Å². The highest BCUT2D eigenvalue weighted by Gasteiger charge is 2.39. The summed E-state index contributed by atoms with van der Waals surface area (Å²) < 4.78 is 6.13. The van der Waals surface area contributed by atoms with E-state index < -0.39 is 5.97 Å². The number of carbonyl (C=O) groups is 3. The smallest absolute Gasteiger partial charge is 0.342 e. The lowest BCUT2D eigenvalue weighted by Crippen LogP contribution is -2.33. The molecule has 3 atom stereocenters. The van der Waals surface area contributed by atoms with Gasteiger partial charge in [0.15, 0.2) is 11.6 Å². The van der Waals surface area contributed by atoms with Gasteiger partial charge in [-0.15, -0.1) is 0 Å². The van der Waals surface area contributed by atoms with Gasteiger partial charge < -0.3 is 15.8 Å². The highest BCUT2D eigenvalue weighted by atomic mass is 16.5. The number of fused-ring (bicyclic) bond motifs is 3. The molecule has 0 aliphatic heterocycles. The van der Waals surface area contributed by atoms with E-state index in [9.17, 15) is 14.4 Å². The molecule has 2 saturated carbocycles. The second kappa shape index (κ2) is 10.9. The number of rotatable bonds is 6. The van der Waals surface area contributed by atoms with Gasteiger partial charge in [0, 0.05) is 23.2 Å². The third-order valence-corrected chi connectivity index (χ3v) is 9.19. The number of esters is 1. The van der Waals surface area contributed by atoms with Crippen LogP contribution in [-0.2, 0) is 11.2 Å². The maximum absolute atomic E-state index is 13.9. The first-order valence-electron chi connectivity index (χ1n) is 14.6. The third kappa shape index (κ3) is 4.70. The van der Waals surface area contributed by atoms with E-state index in [0.717, 1.165) is 30.7 Å². The first-order chi connectivity index (χ1) is 19.4. The van der Waals surface area contributed by atoms with Crippen molar-refractivity contribution in [3.05, 3.63) is 93.5 Å². The second-order valence-corrected chi connectivity index (χ2v) is 11.5. The summed E-state index contributed by atoms with van der Waals surface area (Å²) in [5, 5.41) is 3.40. The average molecular weight is 537 g/mol. The summed E-state index contributed by atoms with van der Waals surface area (Å²) in [6, 6.07) is 16.8. The lowest BCUT2D eigenvalue weighted by Gasteiger charge is -2.39. The molecule has 0 amide bonds. The highest BCUT2D eigenvalue weighted by molar-refractivity contribution is 6.32. The molecule has 3 unspecified atom stereocenters. The van der Waals surface area contributed by atoms with Gasteiger partial charge in [-0.05, 0) is 55.6 Å². The Bertz CT molecular complexity index is 1480. The molecule has 6 nitrogen and oxygen atoms in total. The van der Waals surface area contributed by atoms with Crippen LogP contribution in [0.25, 0.3) is 0 Å². The molecule has 2 fully saturated rings. The zero-order valence-corrected chi connectivity index (χ0v) is 23.0. The summed E-state index contributed by atoms with van der Waals surface area (Å²) in [6.07, 6.45) is 8.35. The molecule has 6 heteroatoms. The number of ketones is 2. The predicted molar refractivity (Wildman–Crippen MR) is 156 cm³/mol. The number of nitrogen functional groups attached to an aromatic ring is 1. The van der Waals surface area contributed by atoms with E-state index in [2.05, 4.69) is 5.32 Å². The summed E-state index contributed by atoms with van der Waals surface area (Å²) in [5.74, 6) is 0.221. The fraction of sp³-hybridized carbons (Fsp3) is 0.382. The van der Waals surface area contributed by atoms with E-state index in [1.54, 1.807) is 31.2 Å². The topological polar surface area (TPSA) is 98.5 Å². The lowest BCUT2D eigenvalue weighted by molar-refractivity contribution is -0.000757. The number of hydrogen-bond donors (Lipinski definition) is 2. The van der Waals surface area contributed by atoms with Crippen molar-refractivity contribution in [3.8, 4) is 0 Å². The van der Waals surface area contributed by atoms with Crippen LogP contribution in [0.3, 0.4) is 0 Å². The van der Waals surface area contributed by atoms with E-state index in [1.165, 1.54) is 25.7 Å². The van der Waals surface area contributed by atoms with E-state index in [4.69, 9.17) is 10.5 Å². The summed E-state index contributed by atoms with van der Waals surface area (Å²) in [5.41, 5.74) is 10.1. The van der Waals surface area contributed by atoms with Crippen molar-refractivity contribution in [2.45, 2.75) is 64.4 Å². The monoisotopic (exact) mass is 536 g/mol. The number of hydrogen-bond acceptors (Lipinski definition) is 6. The molecule has 3 N–H and O–H groups in total. The van der Waals surface area contributed by atoms with Crippen molar-refractivity contribution in [3.63, 3.8) is 0 Å². The van der Waals surface area contributed by atoms with Crippen molar-refractivity contribution in [1.29, 1.82) is 0 Å². The van der Waals surface area contributed by atoms with Gasteiger partial charge in [0.25, 0.3) is 0 Å². The van der Waals surface area contributed by atoms with E-state index in [0.29, 0.717) is 41.3 Å². The SMILES string of the molecule is Cc1c(NCCc2ccccc2)c(C(=O)OC2CCC3CCCCC3C2)c(N)c2c1C(=O)c1ccccc1C2=O. The van der Waals surface area contributed by atoms with Gasteiger partial charge in [-0.25, -0.2) is 4.79 Å². The van der Waals surface area contributed by atoms with Crippen LogP contribution < -0.4 is 11.1 Å². The molecular weight excluding hydrogens is 500 g/mol. The fourth-order valence-electron chi connectivity index (χ4n) is 7.12. The minimum atomic E-state index is -0.524. The Morgan fingerprint density at radius 2 is 1.52 bits per heavy atom. The summed E-state index contributed by atoms with van der Waals surface area (Å²) in [6.45, 7) is 2.31. The van der Waals surface area contributed by atoms with E-state index in [-0.39, 0.29) is 40.0 Å². The lowest BCUT2D eigenvalue weighted by atomic mass is 9.70. The Morgan fingerprint density at radius 1 is 0.875 bits per heavy atom. The molecule has 3 aromatic rings. The van der Waals surface area contributed by atoms with Gasteiger partial charge in [0.05, 0.1) is 16.9 Å². The second-order valence-electron chi connectivity index (χ2n) is 11.5. The quantitative estimate of drug-likeness (QED) is 0.215. The molecule has 40 heavy (non-hydrogen) atoms. The van der Waals surface area contributed by atoms with Gasteiger partial charge in [-0.3, -0.25) is 9.59 Å². The molecule has 0 aromatic heterocycles. The molecule has 3 aliphatic rings. The highest BCUT2D eigenvalue weighted by Crippen LogP contribution is 2.43. The molecule has 6 rings (SSSR count). The zero-order chi connectivity index (χ0) is 27.8. The maximum atomic E-state index is 13.9.